The third-order valence-corrected chi connectivity index (χ3v) is 5.43. The number of hydrogen-bond acceptors (Lipinski definition) is 6. The minimum Gasteiger partial charge on any atom is -0.493 e. The molecule has 0 spiro atoms. The van der Waals surface area contributed by atoms with Gasteiger partial charge in [-0.25, -0.2) is 0 Å². The summed E-state index contributed by atoms with van der Waals surface area (Å²) in [4.78, 5) is 32.5. The molecule has 1 saturated carbocycles. The van der Waals surface area contributed by atoms with E-state index >= 15 is 0 Å². The molecule has 1 aliphatic carbocycles. The predicted molar refractivity (Wildman–Crippen MR) is 162 cm³/mol. The average molecular weight is 560 g/mol. The highest BCUT2D eigenvalue weighted by atomic mass is 16.5. The summed E-state index contributed by atoms with van der Waals surface area (Å²) in [5.41, 5.74) is 12.4. The van der Waals surface area contributed by atoms with Gasteiger partial charge in [-0.2, -0.15) is 4.99 Å². The smallest absolute Gasteiger partial charge is 0.292 e. The van der Waals surface area contributed by atoms with E-state index in [9.17, 15) is 4.79 Å². The zero-order chi connectivity index (χ0) is 30.6. The van der Waals surface area contributed by atoms with Crippen LogP contribution in [-0.2, 0) is 32.0 Å². The van der Waals surface area contributed by atoms with Gasteiger partial charge in [0.15, 0.2) is 17.5 Å². The Bertz CT molecular complexity index is 941. The van der Waals surface area contributed by atoms with Gasteiger partial charge in [0.2, 0.25) is 0 Å². The van der Waals surface area contributed by atoms with Crippen LogP contribution < -0.4 is 20.9 Å². The number of aldehydes is 1. The van der Waals surface area contributed by atoms with Crippen LogP contribution in [0.3, 0.4) is 0 Å². The molecule has 2 aromatic carbocycles. The number of guanidine groups is 1. The van der Waals surface area contributed by atoms with Gasteiger partial charge in [-0.05, 0) is 42.5 Å². The van der Waals surface area contributed by atoms with E-state index in [2.05, 4.69) is 53.9 Å². The fraction of sp³-hybridized carbons (Fsp3) is 0.484. The van der Waals surface area contributed by atoms with Crippen molar-refractivity contribution in [2.45, 2.75) is 72.1 Å². The van der Waals surface area contributed by atoms with Crippen molar-refractivity contribution in [3.8, 4) is 11.5 Å². The quantitative estimate of drug-likeness (QED) is 0.265. The maximum Gasteiger partial charge on any atom is 0.292 e. The topological polar surface area (TPSA) is 143 Å². The first kappa shape index (κ1) is 38.3. The van der Waals surface area contributed by atoms with E-state index in [0.717, 1.165) is 17.8 Å². The first-order chi connectivity index (χ1) is 19.2. The summed E-state index contributed by atoms with van der Waals surface area (Å²) >= 11 is 0. The minimum atomic E-state index is -0.405. The third kappa shape index (κ3) is 22.1. The van der Waals surface area contributed by atoms with Crippen LogP contribution in [0.4, 0.5) is 0 Å². The lowest BCUT2D eigenvalue weighted by molar-refractivity contribution is -0.126. The Balaban J connectivity index is 0. The highest BCUT2D eigenvalue weighted by Gasteiger charge is 2.08. The lowest BCUT2D eigenvalue weighted by Crippen LogP contribution is -2.24. The van der Waals surface area contributed by atoms with Gasteiger partial charge in [0.1, 0.15) is 6.29 Å². The van der Waals surface area contributed by atoms with E-state index in [1.165, 1.54) is 71.7 Å². The second-order valence-electron chi connectivity index (χ2n) is 8.84. The number of nitrogens with zero attached hydrogens (tertiary/aromatic N) is 1. The Morgan fingerprint density at radius 3 is 1.88 bits per heavy atom. The number of hydrogen-bond donors (Lipinski definition) is 2. The number of carbonyl (C=O) groups excluding carboxylic acids is 3. The number of rotatable bonds is 7. The molecule has 0 aliphatic heterocycles. The molecule has 4 N–H and O–H groups in total. The molecule has 0 radical (unpaired) electrons. The Morgan fingerprint density at radius 1 is 0.925 bits per heavy atom. The van der Waals surface area contributed by atoms with E-state index in [-0.39, 0.29) is 12.4 Å². The highest BCUT2D eigenvalue weighted by molar-refractivity contribution is 5.92. The number of nitrogens with two attached hydrogens (primary N) is 2. The fourth-order valence-corrected chi connectivity index (χ4v) is 3.59. The van der Waals surface area contributed by atoms with Gasteiger partial charge < -0.3 is 30.5 Å². The van der Waals surface area contributed by atoms with Crippen LogP contribution in [0.2, 0.25) is 0 Å². The van der Waals surface area contributed by atoms with Crippen molar-refractivity contribution >= 4 is 24.6 Å². The highest BCUT2D eigenvalue weighted by Crippen LogP contribution is 2.27. The minimum absolute atomic E-state index is 0.109. The summed E-state index contributed by atoms with van der Waals surface area (Å²) in [7, 11) is 4.38. The molecule has 1 fully saturated rings. The molecule has 0 aromatic heterocycles. The molecule has 0 saturated heterocycles. The van der Waals surface area contributed by atoms with Gasteiger partial charge in [-0.15, -0.1) is 0 Å². The molecule has 224 valence electrons. The molecule has 9 nitrogen and oxygen atoms in total. The van der Waals surface area contributed by atoms with E-state index < -0.39 is 5.91 Å². The number of carbonyl (C=O) groups is 3. The number of benzene rings is 2. The van der Waals surface area contributed by atoms with Crippen LogP contribution >= 0.6 is 0 Å². The zero-order valence-electron chi connectivity index (χ0n) is 25.1. The number of methoxy groups -OCH3 is 3. The lowest BCUT2D eigenvalue weighted by Gasteiger charge is -2.15. The first-order valence-corrected chi connectivity index (χ1v) is 13.5. The van der Waals surface area contributed by atoms with E-state index in [4.69, 9.17) is 30.5 Å². The van der Waals surface area contributed by atoms with Crippen LogP contribution in [0.5, 0.6) is 11.5 Å². The molecule has 1 aliphatic rings. The Labute approximate surface area is 240 Å². The Hall–Kier alpha value is -3.88. The average Bonchev–Trinajstić information content (AvgIpc) is 2.95. The molecule has 0 heterocycles. The molecule has 40 heavy (non-hydrogen) atoms. The normalized spacial score (nSPS) is 11.4. The van der Waals surface area contributed by atoms with Crippen molar-refractivity contribution in [2.24, 2.45) is 22.4 Å². The summed E-state index contributed by atoms with van der Waals surface area (Å²) < 4.78 is 14.1. The second-order valence-corrected chi connectivity index (χ2v) is 8.84. The first-order valence-electron chi connectivity index (χ1n) is 13.5. The summed E-state index contributed by atoms with van der Waals surface area (Å²) in [6.07, 6.45) is 10.7. The second kappa shape index (κ2) is 26.7. The van der Waals surface area contributed by atoms with Gasteiger partial charge in [0.25, 0.3) is 12.4 Å². The molecular weight excluding hydrogens is 510 g/mol. The van der Waals surface area contributed by atoms with Crippen molar-refractivity contribution < 1.29 is 28.6 Å². The summed E-state index contributed by atoms with van der Waals surface area (Å²) in [5, 5.41) is 0. The summed E-state index contributed by atoms with van der Waals surface area (Å²) in [6.45, 7) is 6.38. The van der Waals surface area contributed by atoms with E-state index in [1.54, 1.807) is 25.3 Å². The van der Waals surface area contributed by atoms with Crippen LogP contribution in [-0.4, -0.2) is 46.0 Å². The molecule has 0 bridgehead atoms. The summed E-state index contributed by atoms with van der Waals surface area (Å²) in [6, 6.07) is 15.7. The van der Waals surface area contributed by atoms with Crippen LogP contribution in [0, 0.1) is 5.92 Å². The molecule has 0 unspecified atom stereocenters. The largest absolute Gasteiger partial charge is 0.493 e. The Kier molecular flexibility index (Phi) is 25.6. The van der Waals surface area contributed by atoms with E-state index in [1.807, 2.05) is 0 Å². The van der Waals surface area contributed by atoms with Gasteiger partial charge in [0, 0.05) is 0 Å². The fourth-order valence-electron chi connectivity index (χ4n) is 3.59. The van der Waals surface area contributed by atoms with Crippen molar-refractivity contribution in [3.63, 3.8) is 0 Å². The van der Waals surface area contributed by atoms with E-state index in [0.29, 0.717) is 18.0 Å². The number of amides is 1. The van der Waals surface area contributed by atoms with Crippen molar-refractivity contribution in [1.29, 1.82) is 0 Å². The van der Waals surface area contributed by atoms with Gasteiger partial charge in [0.05, 0.1) is 27.8 Å². The predicted octanol–water partition coefficient (Wildman–Crippen LogP) is 5.27. The standard InChI is InChI=1S/C11H15N3O3.C9H12.C7H14.C2H4O2.C2H4O/c1-16-8-4-3-7(5-9(8)17-2)6-10(15)14-11(12)13;1-2-6-9-7-4-3-5-8-9;1-7-5-3-2-4-6-7;1-4-2-3;1-2-3/h3-5H,6H2,1-2H3,(H4,12,13,14,15);3-5,7-8H,2,6H2,1H3;7H,2-6H2,1H3;2H,1H3;2H,1H3. The van der Waals surface area contributed by atoms with Crippen LogP contribution in [0.25, 0.3) is 0 Å². The molecule has 9 heteroatoms. The molecule has 0 atom stereocenters. The van der Waals surface area contributed by atoms with Crippen LogP contribution in [0.15, 0.2) is 53.5 Å². The van der Waals surface area contributed by atoms with Gasteiger partial charge in [-0.1, -0.05) is 88.8 Å². The molecular formula is C31H49N3O6. The number of aryl methyl sites for hydroxylation is 1. The van der Waals surface area contributed by atoms with Crippen molar-refractivity contribution in [3.05, 3.63) is 59.7 Å². The SMILES string of the molecule is CC1CCCCC1.CC=O.CCCc1ccccc1.COC=O.COc1ccc(CC(=O)N=C(N)N)cc1OC. The monoisotopic (exact) mass is 559 g/mol. The molecule has 3 rings (SSSR count). The lowest BCUT2D eigenvalue weighted by atomic mass is 9.91. The number of aliphatic imine (C=N–C) groups is 1. The van der Waals surface area contributed by atoms with Crippen molar-refractivity contribution in [2.75, 3.05) is 21.3 Å². The van der Waals surface area contributed by atoms with Crippen LogP contribution in [0.1, 0.15) is 70.4 Å². The van der Waals surface area contributed by atoms with Gasteiger partial charge in [-0.3, -0.25) is 9.59 Å². The van der Waals surface area contributed by atoms with Crippen molar-refractivity contribution in [1.82, 2.24) is 0 Å². The molecule has 1 amide bonds. The maximum atomic E-state index is 11.4. The molecule has 2 aromatic rings. The number of ether oxygens (including phenoxy) is 3. The maximum absolute atomic E-state index is 11.4. The van der Waals surface area contributed by atoms with Gasteiger partial charge >= 0.3 is 0 Å². The zero-order valence-corrected chi connectivity index (χ0v) is 25.1. The third-order valence-electron chi connectivity index (χ3n) is 5.43. The summed E-state index contributed by atoms with van der Waals surface area (Å²) in [5.74, 6) is 1.55. The Morgan fingerprint density at radius 2 is 1.48 bits per heavy atom.